The maximum Gasteiger partial charge on any atom is 0.255 e. The lowest BCUT2D eigenvalue weighted by Gasteiger charge is -2.37. The average molecular weight is 454 g/mol. The van der Waals surface area contributed by atoms with Crippen molar-refractivity contribution in [3.63, 3.8) is 0 Å². The molecule has 0 unspecified atom stereocenters. The third kappa shape index (κ3) is 4.29. The van der Waals surface area contributed by atoms with Gasteiger partial charge in [0, 0.05) is 44.7 Å². The van der Waals surface area contributed by atoms with Gasteiger partial charge in [-0.3, -0.25) is 4.79 Å². The van der Waals surface area contributed by atoms with E-state index < -0.39 is 0 Å². The number of piperidine rings is 2. The molecule has 0 spiro atoms. The Morgan fingerprint density at radius 2 is 1.72 bits per heavy atom. The zero-order chi connectivity index (χ0) is 22.1. The first-order valence-electron chi connectivity index (χ1n) is 12.0. The standard InChI is InChI=1S/C25H32ClN5O/c1-18-9-14-29(15-10-18)23-20-17-31(24(32)19-7-3-4-8-21(19)26)16-11-22(20)27-25(28-23)30-12-5-2-6-13-30/h3-4,7-8,18H,2,5-6,9-17H2,1H3. The van der Waals surface area contributed by atoms with Gasteiger partial charge < -0.3 is 14.7 Å². The van der Waals surface area contributed by atoms with Crippen LogP contribution >= 0.6 is 11.6 Å². The van der Waals surface area contributed by atoms with Crippen LogP contribution in [0.15, 0.2) is 24.3 Å². The SMILES string of the molecule is CC1CCN(c2nc(N3CCCCC3)nc3c2CN(C(=O)c2ccccc2Cl)CC3)CC1. The minimum atomic E-state index is -0.0143. The lowest BCUT2D eigenvalue weighted by Crippen LogP contribution is -2.41. The number of halogens is 1. The molecule has 170 valence electrons. The monoisotopic (exact) mass is 453 g/mol. The van der Waals surface area contributed by atoms with Crippen LogP contribution in [0.4, 0.5) is 11.8 Å². The van der Waals surface area contributed by atoms with Crippen molar-refractivity contribution in [3.8, 4) is 0 Å². The maximum absolute atomic E-state index is 13.3. The summed E-state index contributed by atoms with van der Waals surface area (Å²) < 4.78 is 0. The van der Waals surface area contributed by atoms with E-state index in [1.807, 2.05) is 23.1 Å². The smallest absolute Gasteiger partial charge is 0.255 e. The molecule has 1 aromatic heterocycles. The molecule has 0 atom stereocenters. The largest absolute Gasteiger partial charge is 0.356 e. The number of aromatic nitrogens is 2. The number of hydrogen-bond acceptors (Lipinski definition) is 5. The normalized spacial score (nSPS) is 19.8. The Labute approximate surface area is 195 Å². The van der Waals surface area contributed by atoms with Crippen molar-refractivity contribution in [2.45, 2.75) is 52.0 Å². The van der Waals surface area contributed by atoms with Gasteiger partial charge in [-0.05, 0) is 50.2 Å². The van der Waals surface area contributed by atoms with Gasteiger partial charge in [-0.2, -0.15) is 4.98 Å². The predicted octanol–water partition coefficient (Wildman–Crippen LogP) is 4.56. The second-order valence-corrected chi connectivity index (χ2v) is 9.85. The molecule has 0 aliphatic carbocycles. The molecule has 5 rings (SSSR count). The Bertz CT molecular complexity index is 982. The molecule has 2 aromatic rings. The molecule has 1 aromatic carbocycles. The Balaban J connectivity index is 1.48. The van der Waals surface area contributed by atoms with Crippen LogP contribution in [0, 0.1) is 5.92 Å². The molecule has 0 bridgehead atoms. The molecule has 4 heterocycles. The van der Waals surface area contributed by atoms with Crippen molar-refractivity contribution in [1.29, 1.82) is 0 Å². The van der Waals surface area contributed by atoms with Crippen LogP contribution in [0.1, 0.15) is 60.6 Å². The second-order valence-electron chi connectivity index (χ2n) is 9.45. The quantitative estimate of drug-likeness (QED) is 0.682. The molecule has 3 aliphatic rings. The molecule has 0 radical (unpaired) electrons. The predicted molar refractivity (Wildman–Crippen MR) is 129 cm³/mol. The Morgan fingerprint density at radius 1 is 0.969 bits per heavy atom. The molecule has 3 aliphatic heterocycles. The minimum Gasteiger partial charge on any atom is -0.356 e. The number of carbonyl (C=O) groups is 1. The van der Waals surface area contributed by atoms with Crippen LogP contribution in [0.25, 0.3) is 0 Å². The van der Waals surface area contributed by atoms with Gasteiger partial charge in [-0.15, -0.1) is 0 Å². The summed E-state index contributed by atoms with van der Waals surface area (Å²) in [4.78, 5) is 30.1. The van der Waals surface area contributed by atoms with Crippen molar-refractivity contribution in [2.24, 2.45) is 5.92 Å². The van der Waals surface area contributed by atoms with Crippen molar-refractivity contribution in [3.05, 3.63) is 46.1 Å². The van der Waals surface area contributed by atoms with Crippen LogP contribution in [0.5, 0.6) is 0 Å². The fourth-order valence-electron chi connectivity index (χ4n) is 5.08. The van der Waals surface area contributed by atoms with Gasteiger partial charge in [0.2, 0.25) is 5.95 Å². The molecule has 6 nitrogen and oxygen atoms in total. The Morgan fingerprint density at radius 3 is 2.47 bits per heavy atom. The maximum atomic E-state index is 13.3. The number of hydrogen-bond donors (Lipinski definition) is 0. The van der Waals surface area contributed by atoms with E-state index >= 15 is 0 Å². The van der Waals surface area contributed by atoms with Crippen LogP contribution < -0.4 is 9.80 Å². The van der Waals surface area contributed by atoms with Crippen molar-refractivity contribution < 1.29 is 4.79 Å². The fraction of sp³-hybridized carbons (Fsp3) is 0.560. The van der Waals surface area contributed by atoms with Gasteiger partial charge in [0.25, 0.3) is 5.91 Å². The summed E-state index contributed by atoms with van der Waals surface area (Å²) in [5, 5.41) is 0.505. The molecule has 2 saturated heterocycles. The average Bonchev–Trinajstić information content (AvgIpc) is 2.84. The van der Waals surface area contributed by atoms with Gasteiger partial charge in [-0.1, -0.05) is 30.7 Å². The molecule has 0 saturated carbocycles. The van der Waals surface area contributed by atoms with Gasteiger partial charge in [0.1, 0.15) is 5.82 Å². The third-order valence-corrected chi connectivity index (χ3v) is 7.47. The van der Waals surface area contributed by atoms with E-state index in [4.69, 9.17) is 21.6 Å². The minimum absolute atomic E-state index is 0.0143. The van der Waals surface area contributed by atoms with E-state index in [9.17, 15) is 4.79 Å². The first-order valence-corrected chi connectivity index (χ1v) is 12.4. The lowest BCUT2D eigenvalue weighted by atomic mass is 9.98. The number of fused-ring (bicyclic) bond motifs is 1. The summed E-state index contributed by atoms with van der Waals surface area (Å²) in [5.74, 6) is 2.66. The van der Waals surface area contributed by atoms with Crippen LogP contribution in [0.3, 0.4) is 0 Å². The fourth-order valence-corrected chi connectivity index (χ4v) is 5.30. The highest BCUT2D eigenvalue weighted by molar-refractivity contribution is 6.33. The van der Waals surface area contributed by atoms with Crippen molar-refractivity contribution >= 4 is 29.3 Å². The second kappa shape index (κ2) is 9.26. The molecular formula is C25H32ClN5O. The van der Waals surface area contributed by atoms with E-state index in [1.165, 1.54) is 32.1 Å². The number of benzene rings is 1. The summed E-state index contributed by atoms with van der Waals surface area (Å²) in [6, 6.07) is 7.31. The first-order chi connectivity index (χ1) is 15.6. The van der Waals surface area contributed by atoms with Crippen LogP contribution in [-0.2, 0) is 13.0 Å². The highest BCUT2D eigenvalue weighted by Gasteiger charge is 2.31. The number of nitrogens with zero attached hydrogens (tertiary/aromatic N) is 5. The van der Waals surface area contributed by atoms with Crippen molar-refractivity contribution in [1.82, 2.24) is 14.9 Å². The zero-order valence-corrected chi connectivity index (χ0v) is 19.7. The number of amides is 1. The lowest BCUT2D eigenvalue weighted by molar-refractivity contribution is 0.0734. The number of carbonyl (C=O) groups excluding carboxylic acids is 1. The highest BCUT2D eigenvalue weighted by Crippen LogP contribution is 2.33. The third-order valence-electron chi connectivity index (χ3n) is 7.14. The summed E-state index contributed by atoms with van der Waals surface area (Å²) in [5.41, 5.74) is 2.79. The van der Waals surface area contributed by atoms with E-state index in [0.717, 1.165) is 61.5 Å². The number of rotatable bonds is 3. The van der Waals surface area contributed by atoms with Gasteiger partial charge >= 0.3 is 0 Å². The molecule has 32 heavy (non-hydrogen) atoms. The van der Waals surface area contributed by atoms with E-state index in [2.05, 4.69) is 16.7 Å². The summed E-state index contributed by atoms with van der Waals surface area (Å²) in [6.45, 7) is 7.63. The van der Waals surface area contributed by atoms with Crippen molar-refractivity contribution in [2.75, 3.05) is 42.5 Å². The summed E-state index contributed by atoms with van der Waals surface area (Å²) >= 11 is 6.33. The van der Waals surface area contributed by atoms with Crippen LogP contribution in [-0.4, -0.2) is 53.5 Å². The number of anilines is 2. The van der Waals surface area contributed by atoms with E-state index in [0.29, 0.717) is 23.7 Å². The molecule has 7 heteroatoms. The molecule has 1 amide bonds. The van der Waals surface area contributed by atoms with Crippen LogP contribution in [0.2, 0.25) is 5.02 Å². The summed E-state index contributed by atoms with van der Waals surface area (Å²) in [7, 11) is 0. The molecule has 2 fully saturated rings. The topological polar surface area (TPSA) is 52.6 Å². The highest BCUT2D eigenvalue weighted by atomic mass is 35.5. The van der Waals surface area contributed by atoms with E-state index in [-0.39, 0.29) is 5.91 Å². The first kappa shape index (κ1) is 21.5. The molecular weight excluding hydrogens is 422 g/mol. The Hall–Kier alpha value is -2.34. The van der Waals surface area contributed by atoms with Gasteiger partial charge in [-0.25, -0.2) is 4.98 Å². The van der Waals surface area contributed by atoms with Gasteiger partial charge in [0.05, 0.1) is 22.8 Å². The Kier molecular flexibility index (Phi) is 6.22. The summed E-state index contributed by atoms with van der Waals surface area (Å²) in [6.07, 6.45) is 6.82. The zero-order valence-electron chi connectivity index (χ0n) is 18.9. The van der Waals surface area contributed by atoms with E-state index in [1.54, 1.807) is 6.07 Å². The van der Waals surface area contributed by atoms with Gasteiger partial charge in [0.15, 0.2) is 0 Å². The molecule has 0 N–H and O–H groups in total.